The first-order chi connectivity index (χ1) is 13.0. The van der Waals surface area contributed by atoms with Crippen molar-refractivity contribution in [2.75, 3.05) is 0 Å². The molecule has 0 fully saturated rings. The van der Waals surface area contributed by atoms with Gasteiger partial charge in [-0.05, 0) is 31.2 Å². The van der Waals surface area contributed by atoms with Gasteiger partial charge in [0.2, 0.25) is 5.91 Å². The average molecular weight is 406 g/mol. The quantitative estimate of drug-likeness (QED) is 0.500. The highest BCUT2D eigenvalue weighted by Gasteiger charge is 2.20. The lowest BCUT2D eigenvalue weighted by Crippen LogP contribution is -2.46. The highest BCUT2D eigenvalue weighted by Crippen LogP contribution is 2.29. The van der Waals surface area contributed by atoms with Gasteiger partial charge in [0.1, 0.15) is 17.7 Å². The number of halogens is 2. The number of aromatic nitrogens is 3. The van der Waals surface area contributed by atoms with E-state index in [2.05, 4.69) is 20.3 Å². The number of hydrogen-bond donors (Lipinski definition) is 4. The maximum atomic E-state index is 13.7. The highest BCUT2D eigenvalue weighted by atomic mass is 35.5. The Bertz CT molecular complexity index is 933. The lowest BCUT2D eigenvalue weighted by molar-refractivity contribution is -0.124. The standard InChI is InChI=1S/C19H20FN5O2.ClH/c1-11(26)16(21)19(27)23-10-15-24-17(12-5-4-6-13(20)9-12)18(25-15)14-7-2-3-8-22-14;/h2-9,11,16,26H,10,21H2,1H3,(H,23,27)(H,24,25);1H/t11-,16+;/m1./s1. The third-order valence-electron chi connectivity index (χ3n) is 4.02. The van der Waals surface area contributed by atoms with Crippen molar-refractivity contribution in [3.05, 3.63) is 60.3 Å². The monoisotopic (exact) mass is 405 g/mol. The van der Waals surface area contributed by atoms with Crippen LogP contribution < -0.4 is 11.1 Å². The minimum atomic E-state index is -1.03. The molecule has 0 spiro atoms. The first kappa shape index (κ1) is 21.5. The molecule has 2 heterocycles. The van der Waals surface area contributed by atoms with Crippen molar-refractivity contribution in [3.8, 4) is 22.6 Å². The fourth-order valence-corrected chi connectivity index (χ4v) is 2.55. The van der Waals surface area contributed by atoms with Crippen molar-refractivity contribution in [3.63, 3.8) is 0 Å². The maximum Gasteiger partial charge on any atom is 0.239 e. The summed E-state index contributed by atoms with van der Waals surface area (Å²) in [5.74, 6) is -0.408. The summed E-state index contributed by atoms with van der Waals surface area (Å²) in [5.41, 5.74) is 7.98. The molecule has 0 radical (unpaired) electrons. The summed E-state index contributed by atoms with van der Waals surface area (Å²) in [6.45, 7) is 1.52. The minimum Gasteiger partial charge on any atom is -0.391 e. The van der Waals surface area contributed by atoms with Crippen LogP contribution in [0.3, 0.4) is 0 Å². The lowest BCUT2D eigenvalue weighted by atomic mass is 10.1. The Morgan fingerprint density at radius 2 is 2.11 bits per heavy atom. The van der Waals surface area contributed by atoms with Gasteiger partial charge in [0.05, 0.1) is 29.7 Å². The Balaban J connectivity index is 0.00000280. The van der Waals surface area contributed by atoms with Crippen molar-refractivity contribution in [2.24, 2.45) is 5.73 Å². The number of benzene rings is 1. The zero-order valence-corrected chi connectivity index (χ0v) is 15.9. The molecule has 0 saturated heterocycles. The molecule has 9 heteroatoms. The minimum absolute atomic E-state index is 0. The molecule has 1 amide bonds. The average Bonchev–Trinajstić information content (AvgIpc) is 3.10. The molecule has 0 bridgehead atoms. The van der Waals surface area contributed by atoms with Gasteiger partial charge in [-0.15, -0.1) is 12.4 Å². The number of pyridine rings is 1. The molecule has 5 N–H and O–H groups in total. The van der Waals surface area contributed by atoms with Gasteiger partial charge in [0, 0.05) is 11.8 Å². The van der Waals surface area contributed by atoms with E-state index in [0.717, 1.165) is 0 Å². The van der Waals surface area contributed by atoms with E-state index >= 15 is 0 Å². The van der Waals surface area contributed by atoms with Crippen LogP contribution in [-0.4, -0.2) is 38.1 Å². The van der Waals surface area contributed by atoms with E-state index in [0.29, 0.717) is 28.5 Å². The van der Waals surface area contributed by atoms with Crippen LogP contribution in [-0.2, 0) is 11.3 Å². The van der Waals surface area contributed by atoms with E-state index in [1.807, 2.05) is 12.1 Å². The first-order valence-electron chi connectivity index (χ1n) is 8.43. The highest BCUT2D eigenvalue weighted by molar-refractivity contribution is 5.85. The SMILES string of the molecule is C[C@@H](O)[C@H](N)C(=O)NCc1nc(-c2cccc(F)c2)c(-c2ccccn2)[nH]1.Cl. The maximum absolute atomic E-state index is 13.7. The van der Waals surface area contributed by atoms with Gasteiger partial charge in [-0.25, -0.2) is 9.37 Å². The Morgan fingerprint density at radius 1 is 1.32 bits per heavy atom. The van der Waals surface area contributed by atoms with Gasteiger partial charge in [-0.3, -0.25) is 9.78 Å². The molecule has 3 rings (SSSR count). The first-order valence-corrected chi connectivity index (χ1v) is 8.43. The summed E-state index contributed by atoms with van der Waals surface area (Å²) >= 11 is 0. The van der Waals surface area contributed by atoms with Crippen molar-refractivity contribution in [2.45, 2.75) is 25.6 Å². The Morgan fingerprint density at radius 3 is 2.75 bits per heavy atom. The van der Waals surface area contributed by atoms with Crippen LogP contribution in [0.4, 0.5) is 4.39 Å². The molecular weight excluding hydrogens is 385 g/mol. The van der Waals surface area contributed by atoms with Crippen LogP contribution in [0.15, 0.2) is 48.7 Å². The fourth-order valence-electron chi connectivity index (χ4n) is 2.55. The number of carbonyl (C=O) groups is 1. The van der Waals surface area contributed by atoms with E-state index in [1.54, 1.807) is 24.4 Å². The van der Waals surface area contributed by atoms with Crippen LogP contribution in [0, 0.1) is 5.82 Å². The van der Waals surface area contributed by atoms with E-state index in [4.69, 9.17) is 5.73 Å². The zero-order chi connectivity index (χ0) is 19.4. The van der Waals surface area contributed by atoms with Gasteiger partial charge in [-0.2, -0.15) is 0 Å². The second kappa shape index (κ2) is 9.41. The summed E-state index contributed by atoms with van der Waals surface area (Å²) < 4.78 is 13.7. The fraction of sp³-hybridized carbons (Fsp3) is 0.211. The second-order valence-electron chi connectivity index (χ2n) is 6.12. The van der Waals surface area contributed by atoms with Crippen LogP contribution >= 0.6 is 12.4 Å². The van der Waals surface area contributed by atoms with Crippen LogP contribution in [0.2, 0.25) is 0 Å². The summed E-state index contributed by atoms with van der Waals surface area (Å²) in [6.07, 6.45) is 0.683. The van der Waals surface area contributed by atoms with Crippen LogP contribution in [0.5, 0.6) is 0 Å². The molecular formula is C19H21ClFN5O2. The molecule has 0 aliphatic rings. The molecule has 2 atom stereocenters. The molecule has 148 valence electrons. The lowest BCUT2D eigenvalue weighted by Gasteiger charge is -2.13. The smallest absolute Gasteiger partial charge is 0.239 e. The molecule has 1 aromatic carbocycles. The molecule has 0 aliphatic heterocycles. The van der Waals surface area contributed by atoms with Crippen molar-refractivity contribution >= 4 is 18.3 Å². The van der Waals surface area contributed by atoms with Crippen LogP contribution in [0.1, 0.15) is 12.7 Å². The van der Waals surface area contributed by atoms with Crippen molar-refractivity contribution < 1.29 is 14.3 Å². The predicted molar refractivity (Wildman–Crippen MR) is 106 cm³/mol. The van der Waals surface area contributed by atoms with E-state index in [-0.39, 0.29) is 24.8 Å². The number of nitrogens with two attached hydrogens (primary N) is 1. The molecule has 0 unspecified atom stereocenters. The largest absolute Gasteiger partial charge is 0.391 e. The number of nitrogens with one attached hydrogen (secondary N) is 2. The van der Waals surface area contributed by atoms with E-state index in [1.165, 1.54) is 19.1 Å². The number of nitrogens with zero attached hydrogens (tertiary/aromatic N) is 2. The van der Waals surface area contributed by atoms with Gasteiger partial charge < -0.3 is 21.1 Å². The number of aromatic amines is 1. The van der Waals surface area contributed by atoms with Crippen molar-refractivity contribution in [1.29, 1.82) is 0 Å². The third kappa shape index (κ3) is 4.92. The zero-order valence-electron chi connectivity index (χ0n) is 15.1. The van der Waals surface area contributed by atoms with E-state index < -0.39 is 18.1 Å². The number of rotatable bonds is 6. The summed E-state index contributed by atoms with van der Waals surface area (Å²) in [5, 5.41) is 12.0. The number of aliphatic hydroxyl groups excluding tert-OH is 1. The number of imidazole rings is 1. The van der Waals surface area contributed by atoms with Gasteiger partial charge >= 0.3 is 0 Å². The number of carbonyl (C=O) groups excluding carboxylic acids is 1. The Hall–Kier alpha value is -2.81. The van der Waals surface area contributed by atoms with E-state index in [9.17, 15) is 14.3 Å². The van der Waals surface area contributed by atoms with Gasteiger partial charge in [0.25, 0.3) is 0 Å². The van der Waals surface area contributed by atoms with Gasteiger partial charge in [-0.1, -0.05) is 18.2 Å². The summed E-state index contributed by atoms with van der Waals surface area (Å²) in [6, 6.07) is 10.5. The number of aliphatic hydroxyl groups is 1. The van der Waals surface area contributed by atoms with Crippen LogP contribution in [0.25, 0.3) is 22.6 Å². The molecule has 2 aromatic heterocycles. The normalized spacial score (nSPS) is 12.7. The molecule has 3 aromatic rings. The molecule has 0 aliphatic carbocycles. The summed E-state index contributed by atoms with van der Waals surface area (Å²) in [4.78, 5) is 23.9. The Labute approximate surface area is 167 Å². The van der Waals surface area contributed by atoms with Crippen molar-refractivity contribution in [1.82, 2.24) is 20.3 Å². The third-order valence-corrected chi connectivity index (χ3v) is 4.02. The topological polar surface area (TPSA) is 117 Å². The second-order valence-corrected chi connectivity index (χ2v) is 6.12. The Kier molecular flexibility index (Phi) is 7.22. The van der Waals surface area contributed by atoms with Gasteiger partial charge in [0.15, 0.2) is 0 Å². The number of hydrogen-bond acceptors (Lipinski definition) is 5. The predicted octanol–water partition coefficient (Wildman–Crippen LogP) is 2.02. The number of H-pyrrole nitrogens is 1. The molecule has 28 heavy (non-hydrogen) atoms. The summed E-state index contributed by atoms with van der Waals surface area (Å²) in [7, 11) is 0. The molecule has 0 saturated carbocycles. The number of amides is 1. The molecule has 7 nitrogen and oxygen atoms in total.